The molecule has 8 heteroatoms. The maximum Gasteiger partial charge on any atom is 0.175 e. The van der Waals surface area contributed by atoms with Crippen LogP contribution >= 0.6 is 0 Å². The van der Waals surface area contributed by atoms with Crippen molar-refractivity contribution in [2.45, 2.75) is 0 Å². The lowest BCUT2D eigenvalue weighted by Gasteiger charge is -2.11. The number of nitrogen functional groups attached to an aromatic ring is 2. The molecule has 0 aromatic heterocycles. The van der Waals surface area contributed by atoms with Crippen molar-refractivity contribution in [2.75, 3.05) is 11.5 Å². The lowest BCUT2D eigenvalue weighted by atomic mass is 10.2. The van der Waals surface area contributed by atoms with Crippen LogP contribution in [0.5, 0.6) is 34.5 Å². The van der Waals surface area contributed by atoms with Crippen molar-refractivity contribution in [1.82, 2.24) is 0 Å². The van der Waals surface area contributed by atoms with Crippen LogP contribution in [0.3, 0.4) is 0 Å². The van der Waals surface area contributed by atoms with Crippen molar-refractivity contribution in [3.05, 3.63) is 60.2 Å². The van der Waals surface area contributed by atoms with Crippen LogP contribution in [0.25, 0.3) is 0 Å². The molecule has 0 heterocycles. The molecule has 0 radical (unpaired) electrons. The van der Waals surface area contributed by atoms with Crippen LogP contribution in [-0.4, -0.2) is 10.2 Å². The van der Waals surface area contributed by atoms with Crippen molar-refractivity contribution in [3.8, 4) is 34.5 Å². The van der Waals surface area contributed by atoms with Gasteiger partial charge >= 0.3 is 0 Å². The standard InChI is InChI=1S/C18H14F2N2O4/c19-13-5-11(7-15(21)17(13)23)25-9-2-1-3-10(4-9)26-12-6-14(20)18(24)16(22)8-12/h1-8,23-24H,21-22H2. The minimum absolute atomic E-state index is 0.0786. The molecule has 0 saturated carbocycles. The molecule has 6 N–H and O–H groups in total. The first kappa shape index (κ1) is 17.2. The molecule has 0 aliphatic carbocycles. The highest BCUT2D eigenvalue weighted by Crippen LogP contribution is 2.35. The van der Waals surface area contributed by atoms with Crippen molar-refractivity contribution in [2.24, 2.45) is 0 Å². The van der Waals surface area contributed by atoms with Crippen molar-refractivity contribution < 1.29 is 28.5 Å². The van der Waals surface area contributed by atoms with Crippen LogP contribution in [0.15, 0.2) is 48.5 Å². The van der Waals surface area contributed by atoms with E-state index in [9.17, 15) is 19.0 Å². The van der Waals surface area contributed by atoms with Gasteiger partial charge in [0.05, 0.1) is 11.4 Å². The molecular formula is C18H14F2N2O4. The highest BCUT2D eigenvalue weighted by molar-refractivity contribution is 5.58. The molecule has 134 valence electrons. The lowest BCUT2D eigenvalue weighted by Crippen LogP contribution is -1.93. The predicted octanol–water partition coefficient (Wildman–Crippen LogP) is 4.13. The topological polar surface area (TPSA) is 111 Å². The summed E-state index contributed by atoms with van der Waals surface area (Å²) >= 11 is 0. The van der Waals surface area contributed by atoms with Crippen molar-refractivity contribution in [1.29, 1.82) is 0 Å². The van der Waals surface area contributed by atoms with Gasteiger partial charge < -0.3 is 31.2 Å². The summed E-state index contributed by atoms with van der Waals surface area (Å²) in [6, 6.07) is 10.7. The Kier molecular flexibility index (Phi) is 4.40. The van der Waals surface area contributed by atoms with Crippen molar-refractivity contribution >= 4 is 11.4 Å². The summed E-state index contributed by atoms with van der Waals surface area (Å²) in [5, 5.41) is 18.7. The van der Waals surface area contributed by atoms with E-state index in [-0.39, 0.29) is 22.9 Å². The second-order valence-electron chi connectivity index (χ2n) is 5.36. The fraction of sp³-hybridized carbons (Fsp3) is 0. The molecule has 6 nitrogen and oxygen atoms in total. The Bertz CT molecular complexity index is 858. The average Bonchev–Trinajstić information content (AvgIpc) is 2.58. The van der Waals surface area contributed by atoms with E-state index in [4.69, 9.17) is 20.9 Å². The molecule has 0 amide bonds. The van der Waals surface area contributed by atoms with Crippen LogP contribution in [0.1, 0.15) is 0 Å². The molecule has 0 unspecified atom stereocenters. The van der Waals surface area contributed by atoms with E-state index in [1.165, 1.54) is 18.2 Å². The number of benzene rings is 3. The first-order valence-electron chi connectivity index (χ1n) is 7.35. The van der Waals surface area contributed by atoms with Crippen LogP contribution in [-0.2, 0) is 0 Å². The maximum absolute atomic E-state index is 13.5. The van der Waals surface area contributed by atoms with Crippen LogP contribution in [0.2, 0.25) is 0 Å². The molecule has 0 aliphatic heterocycles. The smallest absolute Gasteiger partial charge is 0.175 e. The van der Waals surface area contributed by atoms with Crippen molar-refractivity contribution in [3.63, 3.8) is 0 Å². The van der Waals surface area contributed by atoms with E-state index < -0.39 is 23.1 Å². The van der Waals surface area contributed by atoms with Gasteiger partial charge in [-0.3, -0.25) is 0 Å². The number of phenolic OH excluding ortho intramolecular Hbond substituents is 2. The van der Waals surface area contributed by atoms with Gasteiger partial charge in [-0.15, -0.1) is 0 Å². The molecular weight excluding hydrogens is 346 g/mol. The lowest BCUT2D eigenvalue weighted by molar-refractivity contribution is 0.422. The van der Waals surface area contributed by atoms with Gasteiger partial charge in [0.15, 0.2) is 23.1 Å². The zero-order valence-corrected chi connectivity index (χ0v) is 13.2. The minimum atomic E-state index is -0.914. The Morgan fingerprint density at radius 2 is 1.08 bits per heavy atom. The van der Waals surface area contributed by atoms with Gasteiger partial charge in [0.2, 0.25) is 0 Å². The molecule has 26 heavy (non-hydrogen) atoms. The fourth-order valence-corrected chi connectivity index (χ4v) is 2.18. The summed E-state index contributed by atoms with van der Waals surface area (Å²) in [5.74, 6) is -2.39. The largest absolute Gasteiger partial charge is 0.503 e. The molecule has 0 saturated heterocycles. The summed E-state index contributed by atoms with van der Waals surface area (Å²) in [5.41, 5.74) is 10.6. The Morgan fingerprint density at radius 1 is 0.654 bits per heavy atom. The number of phenols is 2. The summed E-state index contributed by atoms with van der Waals surface area (Å²) in [6.07, 6.45) is 0. The summed E-state index contributed by atoms with van der Waals surface area (Å²) in [6.45, 7) is 0. The van der Waals surface area contributed by atoms with Gasteiger partial charge in [-0.05, 0) is 12.1 Å². The molecule has 0 spiro atoms. The predicted molar refractivity (Wildman–Crippen MR) is 91.5 cm³/mol. The first-order valence-corrected chi connectivity index (χ1v) is 7.35. The zero-order chi connectivity index (χ0) is 18.8. The molecule has 0 bridgehead atoms. The Labute approximate surface area is 146 Å². The molecule has 3 rings (SSSR count). The van der Waals surface area contributed by atoms with E-state index in [1.807, 2.05) is 0 Å². The summed E-state index contributed by atoms with van der Waals surface area (Å²) < 4.78 is 38.0. The van der Waals surface area contributed by atoms with E-state index in [0.29, 0.717) is 11.5 Å². The second-order valence-corrected chi connectivity index (χ2v) is 5.36. The van der Waals surface area contributed by atoms with Gasteiger partial charge in [-0.25, -0.2) is 8.78 Å². The van der Waals surface area contributed by atoms with E-state index >= 15 is 0 Å². The number of nitrogens with two attached hydrogens (primary N) is 2. The summed E-state index contributed by atoms with van der Waals surface area (Å²) in [7, 11) is 0. The number of hydrogen-bond donors (Lipinski definition) is 4. The molecule has 3 aromatic carbocycles. The SMILES string of the molecule is Nc1cc(Oc2cccc(Oc3cc(N)c(O)c(F)c3)c2)cc(F)c1O. The number of rotatable bonds is 4. The Hall–Kier alpha value is -3.68. The first-order chi connectivity index (χ1) is 12.3. The highest BCUT2D eigenvalue weighted by Gasteiger charge is 2.11. The Morgan fingerprint density at radius 3 is 1.46 bits per heavy atom. The van der Waals surface area contributed by atoms with E-state index in [2.05, 4.69) is 0 Å². The van der Waals surface area contributed by atoms with Crippen LogP contribution in [0, 0.1) is 11.6 Å². The van der Waals surface area contributed by atoms with Gasteiger partial charge in [0, 0.05) is 30.3 Å². The number of anilines is 2. The molecule has 3 aromatic rings. The third-order valence-electron chi connectivity index (χ3n) is 3.41. The quantitative estimate of drug-likeness (QED) is 0.411. The third kappa shape index (κ3) is 3.54. The summed E-state index contributed by atoms with van der Waals surface area (Å²) in [4.78, 5) is 0. The number of hydrogen-bond acceptors (Lipinski definition) is 6. The number of halogens is 2. The average molecular weight is 360 g/mol. The number of aromatic hydroxyl groups is 2. The van der Waals surface area contributed by atoms with E-state index in [0.717, 1.165) is 12.1 Å². The second kappa shape index (κ2) is 6.67. The minimum Gasteiger partial charge on any atom is -0.503 e. The van der Waals surface area contributed by atoms with Gasteiger partial charge in [-0.2, -0.15) is 0 Å². The molecule has 0 aliphatic rings. The zero-order valence-electron chi connectivity index (χ0n) is 13.2. The fourth-order valence-electron chi connectivity index (χ4n) is 2.18. The van der Waals surface area contributed by atoms with Gasteiger partial charge in [-0.1, -0.05) is 6.07 Å². The number of ether oxygens (including phenoxy) is 2. The Balaban J connectivity index is 1.83. The van der Waals surface area contributed by atoms with E-state index in [1.54, 1.807) is 18.2 Å². The third-order valence-corrected chi connectivity index (χ3v) is 3.41. The molecule has 0 atom stereocenters. The monoisotopic (exact) mass is 360 g/mol. The normalized spacial score (nSPS) is 10.5. The maximum atomic E-state index is 13.5. The van der Waals surface area contributed by atoms with Gasteiger partial charge in [0.25, 0.3) is 0 Å². The van der Waals surface area contributed by atoms with Gasteiger partial charge in [0.1, 0.15) is 23.0 Å². The molecule has 0 fully saturated rings. The highest BCUT2D eigenvalue weighted by atomic mass is 19.1. The van der Waals surface area contributed by atoms with Crippen LogP contribution in [0.4, 0.5) is 20.2 Å². The van der Waals surface area contributed by atoms with Crippen LogP contribution < -0.4 is 20.9 Å².